The summed E-state index contributed by atoms with van der Waals surface area (Å²) in [6, 6.07) is 3.39. The quantitative estimate of drug-likeness (QED) is 0.511. The van der Waals surface area contributed by atoms with E-state index in [0.29, 0.717) is 0 Å². The van der Waals surface area contributed by atoms with Crippen LogP contribution in [-0.2, 0) is 17.1 Å². The first kappa shape index (κ1) is 14.3. The Morgan fingerprint density at radius 2 is 1.94 bits per heavy atom. The third-order valence-corrected chi connectivity index (χ3v) is 4.88. The van der Waals surface area contributed by atoms with Gasteiger partial charge >= 0.3 is 105 Å². The van der Waals surface area contributed by atoms with Crippen LogP contribution in [0, 0.1) is 0 Å². The Balaban J connectivity index is 3.15. The number of carbonyl (C=O) groups is 2. The molecule has 8 heteroatoms. The second kappa shape index (κ2) is 5.28. The molecule has 0 aromatic heterocycles. The Hall–Kier alpha value is -1.72. The molecule has 1 rings (SSSR count). The zero-order valence-electron chi connectivity index (χ0n) is 9.71. The third-order valence-electron chi connectivity index (χ3n) is 1.87. The first-order valence-corrected chi connectivity index (χ1v) is 8.17. The van der Waals surface area contributed by atoms with Gasteiger partial charge in [0.2, 0.25) is 0 Å². The molecule has 1 aromatic carbocycles. The van der Waals surface area contributed by atoms with Crippen molar-refractivity contribution < 1.29 is 26.3 Å². The van der Waals surface area contributed by atoms with Crippen molar-refractivity contribution in [2.75, 3.05) is 5.32 Å². The van der Waals surface area contributed by atoms with Crippen LogP contribution < -0.4 is 9.67 Å². The molecule has 0 aliphatic carbocycles. The molecule has 3 N–H and O–H groups in total. The monoisotopic (exact) mass is 317 g/mol. The van der Waals surface area contributed by atoms with Gasteiger partial charge in [-0.05, 0) is 0 Å². The summed E-state index contributed by atoms with van der Waals surface area (Å²) >= 11 is -4.97. The second-order valence-corrected chi connectivity index (χ2v) is 7.14. The molecule has 0 radical (unpaired) electrons. The van der Waals surface area contributed by atoms with Crippen LogP contribution in [0.1, 0.15) is 13.8 Å². The van der Waals surface area contributed by atoms with Crippen LogP contribution in [0.25, 0.3) is 0 Å². The fourth-order valence-corrected chi connectivity index (χ4v) is 3.33. The van der Waals surface area contributed by atoms with E-state index >= 15 is 0 Å². The molecule has 0 saturated carbocycles. The minimum atomic E-state index is -4.97. The van der Waals surface area contributed by atoms with Gasteiger partial charge in [0, 0.05) is 0 Å². The molecule has 0 saturated heterocycles. The van der Waals surface area contributed by atoms with Crippen LogP contribution in [0.3, 0.4) is 0 Å². The van der Waals surface area contributed by atoms with Crippen LogP contribution in [0.5, 0.6) is 5.75 Å². The van der Waals surface area contributed by atoms with Gasteiger partial charge < -0.3 is 0 Å². The first-order valence-electron chi connectivity index (χ1n) is 4.86. The van der Waals surface area contributed by atoms with E-state index in [1.54, 1.807) is 0 Å². The fraction of sp³-hybridized carbons (Fsp3) is 0.200. The molecule has 0 fully saturated rings. The van der Waals surface area contributed by atoms with E-state index in [1.165, 1.54) is 6.92 Å². The molecular formula is C10H12AsNO6. The number of carbonyl (C=O) groups excluding carboxylic acids is 2. The van der Waals surface area contributed by atoms with Gasteiger partial charge in [-0.15, -0.1) is 0 Å². The molecule has 1 amide bonds. The summed E-state index contributed by atoms with van der Waals surface area (Å²) in [4.78, 5) is 21.6. The fourth-order valence-electron chi connectivity index (χ4n) is 1.22. The molecule has 98 valence electrons. The van der Waals surface area contributed by atoms with Gasteiger partial charge in [0.1, 0.15) is 0 Å². The van der Waals surface area contributed by atoms with Crippen molar-refractivity contribution in [3.8, 4) is 5.75 Å². The Kier molecular flexibility index (Phi) is 4.21. The van der Waals surface area contributed by atoms with Crippen molar-refractivity contribution in [1.29, 1.82) is 0 Å². The summed E-state index contributed by atoms with van der Waals surface area (Å²) in [7, 11) is 0. The Bertz CT molecular complexity index is 541. The van der Waals surface area contributed by atoms with E-state index in [0.717, 1.165) is 25.1 Å². The van der Waals surface area contributed by atoms with Crippen molar-refractivity contribution in [1.82, 2.24) is 0 Å². The number of amides is 1. The normalized spacial score (nSPS) is 13.5. The number of phenols is 1. The summed E-state index contributed by atoms with van der Waals surface area (Å²) in [6.45, 7) is 2.24. The van der Waals surface area contributed by atoms with Gasteiger partial charge in [-0.3, -0.25) is 0 Å². The van der Waals surface area contributed by atoms with Crippen molar-refractivity contribution >= 4 is 36.1 Å². The number of benzene rings is 1. The number of nitrogens with one attached hydrogen (secondary N) is 1. The summed E-state index contributed by atoms with van der Waals surface area (Å²) in [5, 5.41) is 11.7. The summed E-state index contributed by atoms with van der Waals surface area (Å²) < 4.78 is 25.6. The van der Waals surface area contributed by atoms with Crippen molar-refractivity contribution in [3.63, 3.8) is 0 Å². The molecular weight excluding hydrogens is 305 g/mol. The number of phenolic OH excluding ortho intramolecular Hbond substituents is 1. The molecule has 0 spiro atoms. The Labute approximate surface area is 106 Å². The van der Waals surface area contributed by atoms with E-state index in [2.05, 4.69) is 9.04 Å². The van der Waals surface area contributed by atoms with Gasteiger partial charge in [-0.2, -0.15) is 0 Å². The van der Waals surface area contributed by atoms with E-state index in [1.807, 2.05) is 0 Å². The second-order valence-electron chi connectivity index (χ2n) is 3.49. The predicted octanol–water partition coefficient (Wildman–Crippen LogP) is -0.518. The zero-order valence-corrected chi connectivity index (χ0v) is 11.6. The van der Waals surface area contributed by atoms with Gasteiger partial charge in [0.05, 0.1) is 0 Å². The summed E-state index contributed by atoms with van der Waals surface area (Å²) in [5.41, 5.74) is -0.0252. The molecule has 0 aliphatic rings. The average Bonchev–Trinajstić information content (AvgIpc) is 2.18. The summed E-state index contributed by atoms with van der Waals surface area (Å²) in [6.07, 6.45) is 0. The van der Waals surface area contributed by atoms with Gasteiger partial charge in [-0.25, -0.2) is 0 Å². The number of rotatable bonds is 3. The standard InChI is InChI=1S/C10H12AsNO6/c1-6(13)12-9-5-8(3-4-10(9)15)11(16,17)18-7(2)14/h3-5,15H,1-2H3,(H,12,13)(H,16,17). The van der Waals surface area contributed by atoms with E-state index in [4.69, 9.17) is 0 Å². The van der Waals surface area contributed by atoms with Crippen LogP contribution in [0.2, 0.25) is 0 Å². The van der Waals surface area contributed by atoms with Crippen molar-refractivity contribution in [3.05, 3.63) is 18.2 Å². The zero-order chi connectivity index (χ0) is 13.9. The van der Waals surface area contributed by atoms with E-state index < -0.39 is 26.0 Å². The molecule has 1 unspecified atom stereocenters. The number of anilines is 1. The molecule has 1 atom stereocenters. The van der Waals surface area contributed by atoms with Crippen LogP contribution in [0.15, 0.2) is 18.2 Å². The SMILES string of the molecule is CC(=O)Nc1cc([As](=O)(O)OC(C)=O)ccc1O. The predicted molar refractivity (Wildman–Crippen MR) is 62.5 cm³/mol. The molecule has 1 aromatic rings. The molecule has 0 aliphatic heterocycles. The maximum absolute atomic E-state index is 11.8. The maximum atomic E-state index is 11.8. The van der Waals surface area contributed by atoms with Crippen molar-refractivity contribution in [2.24, 2.45) is 0 Å². The van der Waals surface area contributed by atoms with Gasteiger partial charge in [0.25, 0.3) is 0 Å². The topological polar surface area (TPSA) is 113 Å². The van der Waals surface area contributed by atoms with Crippen LogP contribution in [0.4, 0.5) is 5.69 Å². The molecule has 0 bridgehead atoms. The average molecular weight is 317 g/mol. The molecule has 7 nitrogen and oxygen atoms in total. The first-order chi connectivity index (χ1) is 8.22. The van der Waals surface area contributed by atoms with E-state index in [9.17, 15) is 22.5 Å². The number of hydrogen-bond acceptors (Lipinski definition) is 5. The molecule has 18 heavy (non-hydrogen) atoms. The van der Waals surface area contributed by atoms with E-state index in [-0.39, 0.29) is 15.8 Å². The van der Waals surface area contributed by atoms with Crippen molar-refractivity contribution in [2.45, 2.75) is 13.8 Å². The molecule has 0 heterocycles. The number of aromatic hydroxyl groups is 1. The Morgan fingerprint density at radius 3 is 2.44 bits per heavy atom. The number of hydrogen-bond donors (Lipinski definition) is 3. The van der Waals surface area contributed by atoms with Gasteiger partial charge in [-0.1, -0.05) is 0 Å². The summed E-state index contributed by atoms with van der Waals surface area (Å²) in [5.74, 6) is -1.59. The minimum absolute atomic E-state index is 0.0252. The van der Waals surface area contributed by atoms with Crippen LogP contribution >= 0.6 is 0 Å². The Morgan fingerprint density at radius 1 is 1.33 bits per heavy atom. The van der Waals surface area contributed by atoms with Crippen LogP contribution in [-0.4, -0.2) is 35.3 Å². The third kappa shape index (κ3) is 3.65. The van der Waals surface area contributed by atoms with Gasteiger partial charge in [0.15, 0.2) is 0 Å².